The summed E-state index contributed by atoms with van der Waals surface area (Å²) in [6.45, 7) is 0. The van der Waals surface area contributed by atoms with Crippen molar-refractivity contribution < 1.29 is 0 Å². The molecule has 0 saturated carbocycles. The summed E-state index contributed by atoms with van der Waals surface area (Å²) in [5, 5.41) is 11.8. The number of para-hydroxylation sites is 3. The zero-order chi connectivity index (χ0) is 42.1. The average molecular weight is 818 g/mol. The molecule has 1 aromatic heterocycles. The van der Waals surface area contributed by atoms with Crippen molar-refractivity contribution in [1.82, 2.24) is 4.57 Å². The van der Waals surface area contributed by atoms with E-state index in [1.807, 2.05) is 0 Å². The molecule has 3 aliphatic rings. The van der Waals surface area contributed by atoms with Crippen molar-refractivity contribution in [2.24, 2.45) is 4.99 Å². The molecule has 1 aliphatic carbocycles. The largest absolute Gasteiger partial charge is 0.381 e. The molecule has 3 atom stereocenters. The molecular formula is C60H41N4-. The van der Waals surface area contributed by atoms with Crippen LogP contribution in [0, 0.1) is 0 Å². The van der Waals surface area contributed by atoms with Crippen LogP contribution >= 0.6 is 0 Å². The molecule has 9 aromatic carbocycles. The molecule has 0 bridgehead atoms. The van der Waals surface area contributed by atoms with Gasteiger partial charge < -0.3 is 19.8 Å². The smallest absolute Gasteiger partial charge is 0.0724 e. The minimum atomic E-state index is -0.301. The van der Waals surface area contributed by atoms with Crippen molar-refractivity contribution in [3.63, 3.8) is 0 Å². The lowest BCUT2D eigenvalue weighted by Gasteiger charge is -2.38. The van der Waals surface area contributed by atoms with Gasteiger partial charge in [0, 0.05) is 29.3 Å². The van der Waals surface area contributed by atoms with Gasteiger partial charge in [-0.05, 0) is 125 Å². The van der Waals surface area contributed by atoms with E-state index in [9.17, 15) is 0 Å². The Kier molecular flexibility index (Phi) is 8.38. The lowest BCUT2D eigenvalue weighted by atomic mass is 9.86. The van der Waals surface area contributed by atoms with E-state index in [2.05, 4.69) is 240 Å². The Labute approximate surface area is 372 Å². The van der Waals surface area contributed by atoms with E-state index in [0.29, 0.717) is 5.96 Å². The lowest BCUT2D eigenvalue weighted by molar-refractivity contribution is 0.641. The van der Waals surface area contributed by atoms with Crippen LogP contribution in [0.25, 0.3) is 71.8 Å². The highest BCUT2D eigenvalue weighted by molar-refractivity contribution is 6.09. The number of benzene rings is 9. The van der Waals surface area contributed by atoms with E-state index >= 15 is 0 Å². The third-order valence-corrected chi connectivity index (χ3v) is 13.5. The fourth-order valence-electron chi connectivity index (χ4n) is 10.4. The Balaban J connectivity index is 0.999. The molecule has 10 aromatic rings. The molecular weight excluding hydrogens is 777 g/mol. The van der Waals surface area contributed by atoms with Crippen molar-refractivity contribution in [3.05, 3.63) is 258 Å². The van der Waals surface area contributed by atoms with Crippen LogP contribution in [0.5, 0.6) is 0 Å². The zero-order valence-electron chi connectivity index (χ0n) is 35.0. The second kappa shape index (κ2) is 14.7. The maximum absolute atomic E-state index is 5.68. The van der Waals surface area contributed by atoms with Gasteiger partial charge >= 0.3 is 0 Å². The maximum atomic E-state index is 5.68. The molecule has 64 heavy (non-hydrogen) atoms. The Hall–Kier alpha value is -8.21. The minimum absolute atomic E-state index is 0.0228. The summed E-state index contributed by atoms with van der Waals surface area (Å²) in [6.07, 6.45) is 7.01. The van der Waals surface area contributed by atoms with Crippen LogP contribution < -0.4 is 4.90 Å². The van der Waals surface area contributed by atoms with Gasteiger partial charge in [0.05, 0.1) is 6.04 Å². The summed E-state index contributed by atoms with van der Waals surface area (Å²) < 4.78 is 2.38. The molecule has 0 N–H and O–H groups in total. The standard InChI is InChI=1S/C60H41N4/c1-2-22-49(23-3-1)63-56-26-10-8-24-50(56)52-32-33-53-51-25-9-11-27-57(51)64(59(53)58(52)63)60-61-54(47-20-12-18-43(36-47)45-30-28-39-14-4-6-16-41(39)34-45)38-55(62-60)48-21-13-19-44(37-48)46-31-29-40-15-5-7-17-42(40)35-46/h1-38,52,54,58H/q-1. The first-order valence-corrected chi connectivity index (χ1v) is 22.2. The fraction of sp³-hybridized carbons (Fsp3) is 0.0500. The number of fused-ring (bicyclic) bond motifs is 9. The predicted octanol–water partition coefficient (Wildman–Crippen LogP) is 15.7. The normalized spacial score (nSPS) is 17.4. The van der Waals surface area contributed by atoms with E-state index in [4.69, 9.17) is 10.3 Å². The lowest BCUT2D eigenvalue weighted by Crippen LogP contribution is -2.29. The van der Waals surface area contributed by atoms with Crippen molar-refractivity contribution in [2.45, 2.75) is 18.0 Å². The molecule has 0 spiro atoms. The number of aromatic nitrogens is 1. The minimum Gasteiger partial charge on any atom is -0.381 e. The molecule has 0 amide bonds. The Morgan fingerprint density at radius 1 is 0.484 bits per heavy atom. The summed E-state index contributed by atoms with van der Waals surface area (Å²) in [6, 6.07) is 76.5. The van der Waals surface area contributed by atoms with Crippen molar-refractivity contribution in [3.8, 4) is 22.3 Å². The van der Waals surface area contributed by atoms with Crippen molar-refractivity contribution in [2.75, 3.05) is 4.90 Å². The van der Waals surface area contributed by atoms with Gasteiger partial charge in [0.1, 0.15) is 0 Å². The first kappa shape index (κ1) is 36.4. The molecule has 4 heteroatoms. The SMILES string of the molecule is C1=CC2c3ccccc3N(c3ccccc3)C2c2c1c1ccccc1n2C1=NC(c2cccc(-c3ccc4ccccc4c3)c2)=CC(c2cccc(-c3ccc4ccccc4c3)c2)[N-]1. The highest BCUT2D eigenvalue weighted by Gasteiger charge is 2.43. The average Bonchev–Trinajstić information content (AvgIpc) is 3.89. The van der Waals surface area contributed by atoms with E-state index in [1.165, 1.54) is 60.6 Å². The van der Waals surface area contributed by atoms with Crippen LogP contribution in [0.15, 0.2) is 229 Å². The molecule has 13 rings (SSSR count). The topological polar surface area (TPSA) is 34.6 Å². The third-order valence-electron chi connectivity index (χ3n) is 13.5. The monoisotopic (exact) mass is 817 g/mol. The van der Waals surface area contributed by atoms with Gasteiger partial charge in [-0.25, -0.2) is 0 Å². The summed E-state index contributed by atoms with van der Waals surface area (Å²) in [7, 11) is 0. The third kappa shape index (κ3) is 5.95. The molecule has 0 radical (unpaired) electrons. The van der Waals surface area contributed by atoms with Crippen LogP contribution in [0.3, 0.4) is 0 Å². The molecule has 2 aliphatic heterocycles. The first-order chi connectivity index (χ1) is 31.7. The van der Waals surface area contributed by atoms with Crippen LogP contribution in [0.2, 0.25) is 0 Å². The molecule has 4 nitrogen and oxygen atoms in total. The Morgan fingerprint density at radius 2 is 1.11 bits per heavy atom. The van der Waals surface area contributed by atoms with E-state index in [-0.39, 0.29) is 18.0 Å². The zero-order valence-corrected chi connectivity index (χ0v) is 35.0. The number of hydrogen-bond acceptors (Lipinski definition) is 2. The number of aliphatic imine (C=N–C) groups is 1. The fourth-order valence-corrected chi connectivity index (χ4v) is 10.4. The molecule has 0 fully saturated rings. The van der Waals surface area contributed by atoms with Crippen molar-refractivity contribution >= 4 is 61.6 Å². The van der Waals surface area contributed by atoms with Gasteiger partial charge in [-0.1, -0.05) is 194 Å². The second-order valence-corrected chi connectivity index (χ2v) is 17.1. The van der Waals surface area contributed by atoms with E-state index in [1.54, 1.807) is 0 Å². The van der Waals surface area contributed by atoms with Gasteiger partial charge in [0.15, 0.2) is 0 Å². The van der Waals surface area contributed by atoms with Gasteiger partial charge in [-0.15, -0.1) is 0 Å². The van der Waals surface area contributed by atoms with Crippen molar-refractivity contribution in [1.29, 1.82) is 0 Å². The highest BCUT2D eigenvalue weighted by atomic mass is 15.3. The predicted molar refractivity (Wildman–Crippen MR) is 267 cm³/mol. The van der Waals surface area contributed by atoms with Crippen LogP contribution in [-0.4, -0.2) is 10.5 Å². The van der Waals surface area contributed by atoms with Gasteiger partial charge in [-0.2, -0.15) is 0 Å². The Bertz CT molecular complexity index is 3570. The van der Waals surface area contributed by atoms with Crippen LogP contribution in [-0.2, 0) is 0 Å². The summed E-state index contributed by atoms with van der Waals surface area (Å²) >= 11 is 0. The summed E-state index contributed by atoms with van der Waals surface area (Å²) in [5.41, 5.74) is 15.0. The number of rotatable bonds is 5. The van der Waals surface area contributed by atoms with Gasteiger partial charge in [-0.3, -0.25) is 0 Å². The van der Waals surface area contributed by atoms with E-state index < -0.39 is 0 Å². The quantitative estimate of drug-likeness (QED) is 0.170. The summed E-state index contributed by atoms with van der Waals surface area (Å²) in [5.74, 6) is 0.824. The van der Waals surface area contributed by atoms with Crippen LogP contribution in [0.1, 0.15) is 45.9 Å². The second-order valence-electron chi connectivity index (χ2n) is 17.1. The maximum Gasteiger partial charge on any atom is 0.0724 e. The summed E-state index contributed by atoms with van der Waals surface area (Å²) in [4.78, 5) is 8.16. The van der Waals surface area contributed by atoms with Crippen LogP contribution in [0.4, 0.5) is 11.4 Å². The highest BCUT2D eigenvalue weighted by Crippen LogP contribution is 2.57. The number of nitrogens with zero attached hydrogens (tertiary/aromatic N) is 4. The molecule has 0 saturated heterocycles. The van der Waals surface area contributed by atoms with Gasteiger partial charge in [0.2, 0.25) is 0 Å². The van der Waals surface area contributed by atoms with E-state index in [0.717, 1.165) is 39.2 Å². The van der Waals surface area contributed by atoms with Gasteiger partial charge in [0.25, 0.3) is 0 Å². The molecule has 3 heterocycles. The first-order valence-electron chi connectivity index (χ1n) is 22.2. The number of hydrogen-bond donors (Lipinski definition) is 0. The molecule has 3 unspecified atom stereocenters. The Morgan fingerprint density at radius 3 is 1.89 bits per heavy atom. The molecule has 302 valence electrons. The number of anilines is 2.